The van der Waals surface area contributed by atoms with E-state index in [-0.39, 0.29) is 29.1 Å². The van der Waals surface area contributed by atoms with Crippen LogP contribution in [0.25, 0.3) is 10.3 Å². The molecule has 3 aromatic rings. The summed E-state index contributed by atoms with van der Waals surface area (Å²) in [5, 5.41) is 6.16. The summed E-state index contributed by atoms with van der Waals surface area (Å²) in [6.45, 7) is 3.50. The number of carbonyl (C=O) groups is 2. The summed E-state index contributed by atoms with van der Waals surface area (Å²) < 4.78 is 15.4. The molecule has 0 spiro atoms. The van der Waals surface area contributed by atoms with Gasteiger partial charge in [0.25, 0.3) is 5.56 Å². The molecule has 0 aliphatic carbocycles. The van der Waals surface area contributed by atoms with Crippen molar-refractivity contribution in [3.63, 3.8) is 0 Å². The molecule has 1 aromatic carbocycles. The highest BCUT2D eigenvalue weighted by atomic mass is 35.5. The number of hydrogen-bond acceptors (Lipinski definition) is 7. The number of carbonyl (C=O) groups excluding carboxylic acids is 2. The van der Waals surface area contributed by atoms with E-state index in [2.05, 4.69) is 20.6 Å². The molecule has 12 heteroatoms. The van der Waals surface area contributed by atoms with E-state index >= 15 is 0 Å². The van der Waals surface area contributed by atoms with Crippen molar-refractivity contribution in [3.8, 4) is 0 Å². The number of piperidine rings is 1. The Labute approximate surface area is 197 Å². The fourth-order valence-electron chi connectivity index (χ4n) is 3.67. The highest BCUT2D eigenvalue weighted by Gasteiger charge is 2.26. The molecule has 2 aromatic heterocycles. The van der Waals surface area contributed by atoms with Gasteiger partial charge in [-0.1, -0.05) is 22.9 Å². The third-order valence-corrected chi connectivity index (χ3v) is 6.71. The number of benzene rings is 1. The number of thiazole rings is 1. The molecule has 0 saturated carbocycles. The minimum absolute atomic E-state index is 0.0186. The highest BCUT2D eigenvalue weighted by molar-refractivity contribution is 7.22. The van der Waals surface area contributed by atoms with Crippen molar-refractivity contribution in [1.29, 1.82) is 0 Å². The number of rotatable bonds is 6. The number of nitrogens with one attached hydrogen (secondary N) is 2. The Morgan fingerprint density at radius 1 is 1.30 bits per heavy atom. The first kappa shape index (κ1) is 23.1. The van der Waals surface area contributed by atoms with Crippen molar-refractivity contribution in [1.82, 2.24) is 19.9 Å². The number of amides is 2. The van der Waals surface area contributed by atoms with Crippen LogP contribution in [0, 0.1) is 11.7 Å². The molecular weight excluding hydrogens is 471 g/mol. The Kier molecular flexibility index (Phi) is 6.89. The van der Waals surface area contributed by atoms with E-state index in [1.54, 1.807) is 0 Å². The van der Waals surface area contributed by atoms with Gasteiger partial charge in [0.2, 0.25) is 11.8 Å². The number of aromatic nitrogens is 3. The number of hydrogen-bond donors (Lipinski definition) is 2. The van der Waals surface area contributed by atoms with Gasteiger partial charge in [0.15, 0.2) is 10.8 Å². The Hall–Kier alpha value is -3.05. The van der Waals surface area contributed by atoms with Crippen LogP contribution in [0.1, 0.15) is 19.8 Å². The lowest BCUT2D eigenvalue weighted by molar-refractivity contribution is -0.125. The summed E-state index contributed by atoms with van der Waals surface area (Å²) in [5.41, 5.74) is -0.110. The van der Waals surface area contributed by atoms with Gasteiger partial charge in [-0.2, -0.15) is 4.98 Å². The number of anilines is 2. The van der Waals surface area contributed by atoms with Crippen LogP contribution in [0.5, 0.6) is 0 Å². The molecule has 4 rings (SSSR count). The van der Waals surface area contributed by atoms with E-state index in [1.807, 2.05) is 11.8 Å². The maximum atomic E-state index is 13.9. The van der Waals surface area contributed by atoms with Gasteiger partial charge in [-0.25, -0.2) is 9.37 Å². The van der Waals surface area contributed by atoms with Crippen molar-refractivity contribution in [2.24, 2.45) is 5.92 Å². The number of fused-ring (bicyclic) bond motifs is 1. The maximum Gasteiger partial charge on any atom is 0.273 e. The molecule has 33 heavy (non-hydrogen) atoms. The van der Waals surface area contributed by atoms with E-state index < -0.39 is 17.3 Å². The molecular formula is C21H22ClFN6O3S. The number of halogens is 2. The van der Waals surface area contributed by atoms with E-state index in [0.717, 1.165) is 10.6 Å². The topological polar surface area (TPSA) is 109 Å². The van der Waals surface area contributed by atoms with E-state index in [4.69, 9.17) is 11.6 Å². The summed E-state index contributed by atoms with van der Waals surface area (Å²) in [4.78, 5) is 48.0. The minimum Gasteiger partial charge on any atom is -0.356 e. The Balaban J connectivity index is 1.45. The monoisotopic (exact) mass is 492 g/mol. The lowest BCUT2D eigenvalue weighted by Crippen LogP contribution is -2.40. The van der Waals surface area contributed by atoms with Gasteiger partial charge >= 0.3 is 0 Å². The van der Waals surface area contributed by atoms with Crippen molar-refractivity contribution < 1.29 is 14.0 Å². The second-order valence-corrected chi connectivity index (χ2v) is 9.07. The summed E-state index contributed by atoms with van der Waals surface area (Å²) >= 11 is 6.93. The summed E-state index contributed by atoms with van der Waals surface area (Å²) in [6, 6.07) is 3.90. The van der Waals surface area contributed by atoms with Gasteiger partial charge in [-0.3, -0.25) is 19.0 Å². The highest BCUT2D eigenvalue weighted by Crippen LogP contribution is 2.29. The van der Waals surface area contributed by atoms with Gasteiger partial charge < -0.3 is 15.5 Å². The fraction of sp³-hybridized carbons (Fsp3) is 0.381. The molecule has 9 nitrogen and oxygen atoms in total. The first-order valence-corrected chi connectivity index (χ1v) is 11.7. The van der Waals surface area contributed by atoms with Crippen LogP contribution in [-0.4, -0.2) is 46.0 Å². The van der Waals surface area contributed by atoms with Crippen molar-refractivity contribution in [3.05, 3.63) is 45.7 Å². The Morgan fingerprint density at radius 2 is 2.06 bits per heavy atom. The minimum atomic E-state index is -0.667. The largest absolute Gasteiger partial charge is 0.356 e. The molecule has 2 N–H and O–H groups in total. The lowest BCUT2D eigenvalue weighted by atomic mass is 9.96. The van der Waals surface area contributed by atoms with Crippen LogP contribution in [0.4, 0.5) is 15.2 Å². The molecule has 0 atom stereocenters. The molecule has 0 unspecified atom stereocenters. The second kappa shape index (κ2) is 9.84. The Morgan fingerprint density at radius 3 is 2.76 bits per heavy atom. The summed E-state index contributed by atoms with van der Waals surface area (Å²) in [6.07, 6.45) is 2.68. The van der Waals surface area contributed by atoms with E-state index in [9.17, 15) is 18.8 Å². The van der Waals surface area contributed by atoms with Crippen LogP contribution >= 0.6 is 22.9 Å². The van der Waals surface area contributed by atoms with Crippen LogP contribution in [0.2, 0.25) is 5.02 Å². The van der Waals surface area contributed by atoms with Gasteiger partial charge in [0.1, 0.15) is 23.4 Å². The van der Waals surface area contributed by atoms with E-state index in [1.165, 1.54) is 29.8 Å². The third kappa shape index (κ3) is 5.14. The smallest absolute Gasteiger partial charge is 0.273 e. The standard InChI is InChI=1S/C21H22ClFN6O3S/c1-2-24-19(31)12-5-7-28(8-6-12)21-27-18-17(33-21)20(32)29(11-25-18)10-16(30)26-15-4-3-13(22)9-14(15)23/h3-4,9,11-12H,2,5-8,10H2,1H3,(H,24,31)(H,26,30). The SMILES string of the molecule is CCNC(=O)C1CCN(c2nc3ncn(CC(=O)Nc4ccc(Cl)cc4F)c(=O)c3s2)CC1. The average molecular weight is 493 g/mol. The normalized spacial score (nSPS) is 14.5. The number of nitrogens with zero attached hydrogens (tertiary/aromatic N) is 4. The van der Waals surface area contributed by atoms with E-state index in [0.29, 0.717) is 48.0 Å². The molecule has 1 saturated heterocycles. The molecule has 3 heterocycles. The lowest BCUT2D eigenvalue weighted by Gasteiger charge is -2.30. The van der Waals surface area contributed by atoms with Crippen molar-refractivity contribution in [2.45, 2.75) is 26.3 Å². The summed E-state index contributed by atoms with van der Waals surface area (Å²) in [5.74, 6) is -1.19. The first-order chi connectivity index (χ1) is 15.9. The third-order valence-electron chi connectivity index (χ3n) is 5.38. The molecule has 1 aliphatic heterocycles. The zero-order valence-corrected chi connectivity index (χ0v) is 19.4. The zero-order chi connectivity index (χ0) is 23.5. The predicted octanol–water partition coefficient (Wildman–Crippen LogP) is 2.64. The first-order valence-electron chi connectivity index (χ1n) is 10.5. The van der Waals surface area contributed by atoms with Crippen LogP contribution in [-0.2, 0) is 16.1 Å². The van der Waals surface area contributed by atoms with Crippen LogP contribution in [0.3, 0.4) is 0 Å². The molecule has 0 radical (unpaired) electrons. The quantitative estimate of drug-likeness (QED) is 0.547. The van der Waals surface area contributed by atoms with Crippen LogP contribution < -0.4 is 21.1 Å². The van der Waals surface area contributed by atoms with Gasteiger partial charge in [0, 0.05) is 30.6 Å². The van der Waals surface area contributed by atoms with Gasteiger partial charge in [-0.05, 0) is 38.0 Å². The molecule has 1 fully saturated rings. The fourth-order valence-corrected chi connectivity index (χ4v) is 4.85. The molecule has 2 amide bonds. The second-order valence-electron chi connectivity index (χ2n) is 7.66. The Bertz CT molecular complexity index is 1250. The molecule has 1 aliphatic rings. The molecule has 174 valence electrons. The van der Waals surface area contributed by atoms with Crippen LogP contribution in [0.15, 0.2) is 29.3 Å². The predicted molar refractivity (Wildman–Crippen MR) is 125 cm³/mol. The average Bonchev–Trinajstić information content (AvgIpc) is 3.23. The zero-order valence-electron chi connectivity index (χ0n) is 17.8. The van der Waals surface area contributed by atoms with Gasteiger partial charge in [-0.15, -0.1) is 0 Å². The van der Waals surface area contributed by atoms with Crippen molar-refractivity contribution in [2.75, 3.05) is 29.9 Å². The summed E-state index contributed by atoms with van der Waals surface area (Å²) in [7, 11) is 0. The van der Waals surface area contributed by atoms with Crippen molar-refractivity contribution >= 4 is 55.9 Å². The van der Waals surface area contributed by atoms with Gasteiger partial charge in [0.05, 0.1) is 5.69 Å². The maximum absolute atomic E-state index is 13.9. The molecule has 0 bridgehead atoms.